The number of carbonyl (C=O) groups excluding carboxylic acids is 1. The zero-order valence-electron chi connectivity index (χ0n) is 15.5. The lowest BCUT2D eigenvalue weighted by molar-refractivity contribution is 0.102. The number of carbonyl (C=O) groups is 1. The quantitative estimate of drug-likeness (QED) is 0.528. The number of anilines is 1. The second kappa shape index (κ2) is 6.60. The van der Waals surface area contributed by atoms with Gasteiger partial charge < -0.3 is 9.84 Å². The Kier molecular flexibility index (Phi) is 3.93. The Morgan fingerprint density at radius 3 is 2.46 bits per heavy atom. The summed E-state index contributed by atoms with van der Waals surface area (Å²) in [6.07, 6.45) is 2.21. The predicted octanol–water partition coefficient (Wildman–Crippen LogP) is 5.33. The van der Waals surface area contributed by atoms with Crippen molar-refractivity contribution >= 4 is 22.7 Å². The van der Waals surface area contributed by atoms with Gasteiger partial charge >= 0.3 is 0 Å². The molecule has 1 fully saturated rings. The van der Waals surface area contributed by atoms with Gasteiger partial charge in [-0.05, 0) is 49.1 Å². The number of pyridine rings is 1. The first-order valence-electron chi connectivity index (χ1n) is 9.43. The summed E-state index contributed by atoms with van der Waals surface area (Å²) in [7, 11) is 0. The molecule has 5 heteroatoms. The van der Waals surface area contributed by atoms with Crippen molar-refractivity contribution in [2.75, 3.05) is 5.32 Å². The molecule has 2 aromatic carbocycles. The highest BCUT2D eigenvalue weighted by Crippen LogP contribution is 2.40. The maximum Gasteiger partial charge on any atom is 0.259 e. The summed E-state index contributed by atoms with van der Waals surface area (Å²) in [6, 6.07) is 19.9. The van der Waals surface area contributed by atoms with Gasteiger partial charge in [0.25, 0.3) is 11.6 Å². The zero-order chi connectivity index (χ0) is 19.1. The van der Waals surface area contributed by atoms with Crippen molar-refractivity contribution in [1.29, 1.82) is 0 Å². The van der Waals surface area contributed by atoms with Crippen LogP contribution in [0, 0.1) is 6.92 Å². The van der Waals surface area contributed by atoms with Crippen molar-refractivity contribution < 1.29 is 9.32 Å². The van der Waals surface area contributed by atoms with Gasteiger partial charge in [0.05, 0.1) is 16.6 Å². The van der Waals surface area contributed by atoms with Gasteiger partial charge in [0.15, 0.2) is 0 Å². The molecular weight excluding hydrogens is 350 g/mol. The van der Waals surface area contributed by atoms with E-state index in [-0.39, 0.29) is 5.91 Å². The van der Waals surface area contributed by atoms with E-state index in [1.807, 2.05) is 55.5 Å². The number of hydrogen-bond donors (Lipinski definition) is 1. The Morgan fingerprint density at radius 2 is 1.75 bits per heavy atom. The van der Waals surface area contributed by atoms with E-state index in [0.717, 1.165) is 35.3 Å². The van der Waals surface area contributed by atoms with Crippen molar-refractivity contribution in [3.8, 4) is 11.1 Å². The minimum absolute atomic E-state index is 0.173. The van der Waals surface area contributed by atoms with E-state index in [1.54, 1.807) is 0 Å². The van der Waals surface area contributed by atoms with Crippen LogP contribution in [0.25, 0.3) is 22.2 Å². The number of nitrogens with zero attached hydrogens (tertiary/aromatic N) is 2. The smallest absolute Gasteiger partial charge is 0.259 e. The molecule has 5 nitrogen and oxygen atoms in total. The molecule has 0 atom stereocenters. The summed E-state index contributed by atoms with van der Waals surface area (Å²) in [4.78, 5) is 17.6. The summed E-state index contributed by atoms with van der Waals surface area (Å²) in [5, 5.41) is 7.67. The fourth-order valence-corrected chi connectivity index (χ4v) is 3.46. The Hall–Kier alpha value is -3.47. The Morgan fingerprint density at radius 1 is 1.04 bits per heavy atom. The molecule has 0 saturated heterocycles. The first-order chi connectivity index (χ1) is 13.7. The van der Waals surface area contributed by atoms with E-state index in [1.165, 1.54) is 0 Å². The number of benzene rings is 2. The number of amides is 1. The molecule has 1 N–H and O–H groups in total. The summed E-state index contributed by atoms with van der Waals surface area (Å²) < 4.78 is 5.33. The molecule has 1 aliphatic carbocycles. The van der Waals surface area contributed by atoms with Gasteiger partial charge in [0, 0.05) is 17.3 Å². The third-order valence-corrected chi connectivity index (χ3v) is 5.13. The largest absolute Gasteiger partial charge is 0.336 e. The average Bonchev–Trinajstić information content (AvgIpc) is 3.52. The lowest BCUT2D eigenvalue weighted by atomic mass is 10.1. The van der Waals surface area contributed by atoms with Gasteiger partial charge in [-0.25, -0.2) is 4.98 Å². The van der Waals surface area contributed by atoms with Crippen LogP contribution >= 0.6 is 0 Å². The summed E-state index contributed by atoms with van der Waals surface area (Å²) >= 11 is 0. The van der Waals surface area contributed by atoms with Gasteiger partial charge in [-0.3, -0.25) is 4.79 Å². The molecule has 5 rings (SSSR count). The van der Waals surface area contributed by atoms with Crippen molar-refractivity contribution in [2.45, 2.75) is 25.7 Å². The standard InChI is InChI=1S/C23H19N3O2/c1-14-21-19(13-20(17-7-8-17)25-23(21)28-26-14)22(27)24-18-11-9-16(10-12-18)15-5-3-2-4-6-15/h2-6,9-13,17H,7-8H2,1H3,(H,24,27). The second-order valence-corrected chi connectivity index (χ2v) is 7.21. The molecule has 0 bridgehead atoms. The number of nitrogens with one attached hydrogen (secondary N) is 1. The summed E-state index contributed by atoms with van der Waals surface area (Å²) in [5.74, 6) is 0.250. The molecule has 2 heterocycles. The van der Waals surface area contributed by atoms with Crippen LogP contribution in [0.1, 0.15) is 40.5 Å². The van der Waals surface area contributed by atoms with Gasteiger partial charge in [-0.15, -0.1) is 0 Å². The minimum atomic E-state index is -0.173. The Bertz CT molecular complexity index is 1160. The molecule has 2 aromatic heterocycles. The normalized spacial score (nSPS) is 13.6. The molecule has 4 aromatic rings. The number of rotatable bonds is 4. The van der Waals surface area contributed by atoms with Crippen LogP contribution in [0.2, 0.25) is 0 Å². The van der Waals surface area contributed by atoms with Crippen LogP contribution in [-0.2, 0) is 0 Å². The number of hydrogen-bond acceptors (Lipinski definition) is 4. The van der Waals surface area contributed by atoms with E-state index in [4.69, 9.17) is 4.52 Å². The fourth-order valence-electron chi connectivity index (χ4n) is 3.46. The Balaban J connectivity index is 1.45. The zero-order valence-corrected chi connectivity index (χ0v) is 15.5. The lowest BCUT2D eigenvalue weighted by Gasteiger charge is -2.09. The highest BCUT2D eigenvalue weighted by molar-refractivity contribution is 6.12. The van der Waals surface area contributed by atoms with Crippen molar-refractivity contribution in [3.05, 3.63) is 77.6 Å². The first-order valence-corrected chi connectivity index (χ1v) is 9.43. The van der Waals surface area contributed by atoms with E-state index in [2.05, 4.69) is 27.6 Å². The Labute approximate surface area is 162 Å². The number of aryl methyl sites for hydroxylation is 1. The van der Waals surface area contributed by atoms with Crippen LogP contribution in [0.3, 0.4) is 0 Å². The van der Waals surface area contributed by atoms with E-state index in [0.29, 0.717) is 28.3 Å². The summed E-state index contributed by atoms with van der Waals surface area (Å²) in [5.41, 5.74) is 5.59. The van der Waals surface area contributed by atoms with Crippen LogP contribution in [0.5, 0.6) is 0 Å². The van der Waals surface area contributed by atoms with Gasteiger partial charge in [0.1, 0.15) is 0 Å². The van der Waals surface area contributed by atoms with E-state index < -0.39 is 0 Å². The number of aromatic nitrogens is 2. The molecular formula is C23H19N3O2. The van der Waals surface area contributed by atoms with Gasteiger partial charge in [0.2, 0.25) is 0 Å². The highest BCUT2D eigenvalue weighted by Gasteiger charge is 2.28. The van der Waals surface area contributed by atoms with Crippen LogP contribution < -0.4 is 5.32 Å². The number of fused-ring (bicyclic) bond motifs is 1. The molecule has 0 unspecified atom stereocenters. The van der Waals surface area contributed by atoms with E-state index >= 15 is 0 Å². The van der Waals surface area contributed by atoms with Crippen molar-refractivity contribution in [3.63, 3.8) is 0 Å². The molecule has 28 heavy (non-hydrogen) atoms. The average molecular weight is 369 g/mol. The first kappa shape index (κ1) is 16.7. The predicted molar refractivity (Wildman–Crippen MR) is 108 cm³/mol. The molecule has 0 aliphatic heterocycles. The molecule has 1 aliphatic rings. The maximum atomic E-state index is 13.0. The third kappa shape index (κ3) is 3.05. The SMILES string of the molecule is Cc1noc2nc(C3CC3)cc(C(=O)Nc3ccc(-c4ccccc4)cc3)c12. The van der Waals surface area contributed by atoms with Gasteiger partial charge in [-0.1, -0.05) is 47.6 Å². The van der Waals surface area contributed by atoms with Crippen LogP contribution in [-0.4, -0.2) is 16.0 Å². The third-order valence-electron chi connectivity index (χ3n) is 5.13. The summed E-state index contributed by atoms with van der Waals surface area (Å²) in [6.45, 7) is 1.83. The van der Waals surface area contributed by atoms with Crippen LogP contribution in [0.4, 0.5) is 5.69 Å². The fraction of sp³-hybridized carbons (Fsp3) is 0.174. The minimum Gasteiger partial charge on any atom is -0.336 e. The molecule has 138 valence electrons. The van der Waals surface area contributed by atoms with E-state index in [9.17, 15) is 4.79 Å². The van der Waals surface area contributed by atoms with Crippen LogP contribution in [0.15, 0.2) is 65.2 Å². The van der Waals surface area contributed by atoms with Crippen molar-refractivity contribution in [1.82, 2.24) is 10.1 Å². The highest BCUT2D eigenvalue weighted by atomic mass is 16.5. The lowest BCUT2D eigenvalue weighted by Crippen LogP contribution is -2.13. The maximum absolute atomic E-state index is 13.0. The molecule has 1 amide bonds. The molecule has 0 spiro atoms. The van der Waals surface area contributed by atoms with Crippen molar-refractivity contribution in [2.24, 2.45) is 0 Å². The molecule has 1 saturated carbocycles. The second-order valence-electron chi connectivity index (χ2n) is 7.21. The monoisotopic (exact) mass is 369 g/mol. The molecule has 0 radical (unpaired) electrons. The van der Waals surface area contributed by atoms with Gasteiger partial charge in [-0.2, -0.15) is 0 Å². The topological polar surface area (TPSA) is 68.0 Å².